The Morgan fingerprint density at radius 1 is 1.14 bits per heavy atom. The quantitative estimate of drug-likeness (QED) is 0.599. The normalized spacial score (nSPS) is 12.9. The molecule has 0 aliphatic heterocycles. The zero-order chi connectivity index (χ0) is 21.3. The van der Waals surface area contributed by atoms with Gasteiger partial charge >= 0.3 is 5.97 Å². The van der Waals surface area contributed by atoms with Crippen LogP contribution in [0.2, 0.25) is 0 Å². The highest BCUT2D eigenvalue weighted by molar-refractivity contribution is 7.88. The van der Waals surface area contributed by atoms with Crippen molar-refractivity contribution in [1.29, 1.82) is 0 Å². The van der Waals surface area contributed by atoms with E-state index in [4.69, 9.17) is 4.74 Å². The first-order valence-corrected chi connectivity index (χ1v) is 10.4. The number of carboxylic acid groups (broad SMARTS) is 1. The van der Waals surface area contributed by atoms with Crippen LogP contribution in [0.5, 0.6) is 5.75 Å². The fourth-order valence-electron chi connectivity index (χ4n) is 2.19. The van der Waals surface area contributed by atoms with Gasteiger partial charge < -0.3 is 9.84 Å². The van der Waals surface area contributed by atoms with Gasteiger partial charge in [-0.05, 0) is 31.2 Å². The van der Waals surface area contributed by atoms with E-state index in [0.29, 0.717) is 5.75 Å². The summed E-state index contributed by atoms with van der Waals surface area (Å²) in [7, 11) is -3.70. The molecule has 0 saturated carbocycles. The van der Waals surface area contributed by atoms with Crippen LogP contribution in [0.25, 0.3) is 5.69 Å². The Labute approximate surface area is 169 Å². The first-order valence-electron chi connectivity index (χ1n) is 8.50. The molecule has 0 amide bonds. The van der Waals surface area contributed by atoms with Crippen LogP contribution in [0.3, 0.4) is 0 Å². The molecule has 2 N–H and O–H groups in total. The first-order chi connectivity index (χ1) is 13.7. The minimum absolute atomic E-state index is 0.363. The van der Waals surface area contributed by atoms with Gasteiger partial charge in [-0.1, -0.05) is 36.4 Å². The van der Waals surface area contributed by atoms with E-state index < -0.39 is 21.5 Å². The molecule has 0 radical (unpaired) electrons. The number of ether oxygens (including phenoxy) is 1. The molecule has 0 aliphatic carbocycles. The van der Waals surface area contributed by atoms with Crippen LogP contribution in [0, 0.1) is 0 Å². The van der Waals surface area contributed by atoms with E-state index in [2.05, 4.69) is 14.8 Å². The topological polar surface area (TPSA) is 123 Å². The number of sulfonamides is 1. The molecule has 1 atom stereocenters. The maximum absolute atomic E-state index is 11.3. The number of nitrogens with zero attached hydrogens (tertiary/aromatic N) is 3. The summed E-state index contributed by atoms with van der Waals surface area (Å²) in [6.07, 6.45) is 3.83. The van der Waals surface area contributed by atoms with Gasteiger partial charge in [-0.15, -0.1) is 0 Å². The summed E-state index contributed by atoms with van der Waals surface area (Å²) in [6, 6.07) is 18.7. The van der Waals surface area contributed by atoms with Gasteiger partial charge in [0.15, 0.2) is 5.54 Å². The molecule has 2 aromatic carbocycles. The Balaban J connectivity index is 0.000000426. The molecule has 1 unspecified atom stereocenters. The maximum Gasteiger partial charge on any atom is 0.328 e. The fourth-order valence-corrected chi connectivity index (χ4v) is 3.16. The highest BCUT2D eigenvalue weighted by Crippen LogP contribution is 2.17. The number of carboxylic acids is 1. The molecule has 0 spiro atoms. The Hall–Kier alpha value is -3.24. The molecular formula is C19H22N4O5S. The van der Waals surface area contributed by atoms with Gasteiger partial charge in [0.2, 0.25) is 10.0 Å². The van der Waals surface area contributed by atoms with Crippen LogP contribution in [0.15, 0.2) is 73.3 Å². The molecule has 1 heterocycles. The molecule has 0 fully saturated rings. The lowest BCUT2D eigenvalue weighted by Crippen LogP contribution is -2.55. The minimum atomic E-state index is -3.70. The van der Waals surface area contributed by atoms with Crippen LogP contribution in [0.4, 0.5) is 0 Å². The summed E-state index contributed by atoms with van der Waals surface area (Å²) >= 11 is 0. The largest absolute Gasteiger partial charge is 0.491 e. The van der Waals surface area contributed by atoms with Crippen LogP contribution in [0.1, 0.15) is 6.92 Å². The van der Waals surface area contributed by atoms with Crippen molar-refractivity contribution in [3.05, 3.63) is 73.3 Å². The maximum atomic E-state index is 11.3. The third kappa shape index (κ3) is 7.35. The highest BCUT2D eigenvalue weighted by Gasteiger charge is 2.37. The molecule has 3 aromatic rings. The molecule has 29 heavy (non-hydrogen) atoms. The number of aliphatic carboxylic acids is 1. The summed E-state index contributed by atoms with van der Waals surface area (Å²) in [4.78, 5) is 15.1. The summed E-state index contributed by atoms with van der Waals surface area (Å²) in [6.45, 7) is 0.873. The SMILES string of the molecule is CC(COc1ccc(-n2cncn2)cc1)(NS(C)(=O)=O)C(=O)O.c1ccccc1. The van der Waals surface area contributed by atoms with Crippen LogP contribution in [-0.4, -0.2) is 52.7 Å². The van der Waals surface area contributed by atoms with Crippen LogP contribution >= 0.6 is 0 Å². The van der Waals surface area contributed by atoms with Gasteiger partial charge in [0.05, 0.1) is 11.9 Å². The predicted octanol–water partition coefficient (Wildman–Crippen LogP) is 1.73. The third-order valence-electron chi connectivity index (χ3n) is 3.60. The van der Waals surface area contributed by atoms with E-state index in [0.717, 1.165) is 11.9 Å². The van der Waals surface area contributed by atoms with Crippen LogP contribution in [-0.2, 0) is 14.8 Å². The molecule has 154 valence electrons. The van der Waals surface area contributed by atoms with Gasteiger partial charge in [0, 0.05) is 0 Å². The zero-order valence-corrected chi connectivity index (χ0v) is 16.8. The molecule has 0 aliphatic rings. The van der Waals surface area contributed by atoms with Crippen molar-refractivity contribution in [2.75, 3.05) is 12.9 Å². The molecule has 3 rings (SSSR count). The van der Waals surface area contributed by atoms with Crippen molar-refractivity contribution >= 4 is 16.0 Å². The number of aromatic nitrogens is 3. The van der Waals surface area contributed by atoms with E-state index in [1.54, 1.807) is 28.9 Å². The van der Waals surface area contributed by atoms with Gasteiger partial charge in [0.1, 0.15) is 25.0 Å². The molecule has 10 heteroatoms. The monoisotopic (exact) mass is 418 g/mol. The number of rotatable bonds is 7. The highest BCUT2D eigenvalue weighted by atomic mass is 32.2. The average molecular weight is 418 g/mol. The van der Waals surface area contributed by atoms with Gasteiger partial charge in [-0.25, -0.2) is 18.1 Å². The summed E-state index contributed by atoms with van der Waals surface area (Å²) in [5.74, 6) is -0.932. The summed E-state index contributed by atoms with van der Waals surface area (Å²) in [5, 5.41) is 13.2. The van der Waals surface area contributed by atoms with Crippen LogP contribution < -0.4 is 9.46 Å². The number of benzene rings is 2. The second kappa shape index (κ2) is 9.80. The minimum Gasteiger partial charge on any atom is -0.491 e. The smallest absolute Gasteiger partial charge is 0.328 e. The number of carbonyl (C=O) groups is 1. The second-order valence-corrected chi connectivity index (χ2v) is 8.04. The molecule has 1 aromatic heterocycles. The molecular weight excluding hydrogens is 396 g/mol. The Kier molecular flexibility index (Phi) is 7.46. The Morgan fingerprint density at radius 2 is 1.69 bits per heavy atom. The van der Waals surface area contributed by atoms with E-state index >= 15 is 0 Å². The molecule has 9 nitrogen and oxygen atoms in total. The number of nitrogens with one attached hydrogen (secondary N) is 1. The van der Waals surface area contributed by atoms with Gasteiger partial charge in [-0.2, -0.15) is 9.82 Å². The van der Waals surface area contributed by atoms with Crippen molar-refractivity contribution in [3.8, 4) is 11.4 Å². The van der Waals surface area contributed by atoms with Crippen molar-refractivity contribution in [1.82, 2.24) is 19.5 Å². The Bertz CT molecular complexity index is 966. The summed E-state index contributed by atoms with van der Waals surface area (Å²) in [5.41, 5.74) is -1.01. The average Bonchev–Trinajstić information content (AvgIpc) is 3.22. The summed E-state index contributed by atoms with van der Waals surface area (Å²) < 4.78 is 31.6. The molecule has 0 bridgehead atoms. The second-order valence-electron chi connectivity index (χ2n) is 6.29. The predicted molar refractivity (Wildman–Crippen MR) is 107 cm³/mol. The van der Waals surface area contributed by atoms with Crippen molar-refractivity contribution < 1.29 is 23.1 Å². The first kappa shape index (κ1) is 22.1. The lowest BCUT2D eigenvalue weighted by Gasteiger charge is -2.25. The fraction of sp³-hybridized carbons (Fsp3) is 0.211. The van der Waals surface area contributed by atoms with E-state index in [1.807, 2.05) is 36.4 Å². The standard InChI is InChI=1S/C13H16N4O5S.C6H6/c1-13(12(18)19,16-23(2,20)21)7-22-11-5-3-10(4-6-11)17-9-14-8-15-17;1-2-4-6-5-3-1/h3-6,8-9,16H,7H2,1-2H3,(H,18,19);1-6H. The van der Waals surface area contributed by atoms with E-state index in [9.17, 15) is 18.3 Å². The third-order valence-corrected chi connectivity index (χ3v) is 4.42. The zero-order valence-electron chi connectivity index (χ0n) is 16.0. The van der Waals surface area contributed by atoms with Gasteiger partial charge in [-0.3, -0.25) is 4.79 Å². The van der Waals surface area contributed by atoms with Crippen molar-refractivity contribution in [2.24, 2.45) is 0 Å². The van der Waals surface area contributed by atoms with Crippen molar-refractivity contribution in [2.45, 2.75) is 12.5 Å². The van der Waals surface area contributed by atoms with E-state index in [1.165, 1.54) is 19.6 Å². The Morgan fingerprint density at radius 3 is 2.10 bits per heavy atom. The lowest BCUT2D eigenvalue weighted by molar-refractivity contribution is -0.144. The van der Waals surface area contributed by atoms with Gasteiger partial charge in [0.25, 0.3) is 0 Å². The number of hydrogen-bond acceptors (Lipinski definition) is 6. The van der Waals surface area contributed by atoms with Crippen molar-refractivity contribution in [3.63, 3.8) is 0 Å². The lowest BCUT2D eigenvalue weighted by atomic mass is 10.1. The number of hydrogen-bond donors (Lipinski definition) is 2. The van der Waals surface area contributed by atoms with E-state index in [-0.39, 0.29) is 6.61 Å². The molecule has 0 saturated heterocycles.